The number of hydrogen-bond donors (Lipinski definition) is 3. The average Bonchev–Trinajstić information content (AvgIpc) is 2.86. The van der Waals surface area contributed by atoms with Crippen LogP contribution in [0.1, 0.15) is 64.5 Å². The molecule has 0 aliphatic carbocycles. The molecule has 1 unspecified atom stereocenters. The van der Waals surface area contributed by atoms with Gasteiger partial charge < -0.3 is 15.8 Å². The van der Waals surface area contributed by atoms with Crippen molar-refractivity contribution in [2.75, 3.05) is 25.6 Å². The molecule has 1 aromatic carbocycles. The number of nitrogens with two attached hydrogens (primary N) is 1. The van der Waals surface area contributed by atoms with Crippen molar-refractivity contribution in [1.29, 1.82) is 0 Å². The zero-order valence-electron chi connectivity index (χ0n) is 23.6. The van der Waals surface area contributed by atoms with Gasteiger partial charge >= 0.3 is 0 Å². The van der Waals surface area contributed by atoms with E-state index in [1.807, 2.05) is 27.7 Å². The summed E-state index contributed by atoms with van der Waals surface area (Å²) >= 11 is 3.77. The third kappa shape index (κ3) is 15.8. The fraction of sp³-hybridized carbons (Fsp3) is 0.500. The first-order chi connectivity index (χ1) is 17.7. The molecule has 10 heteroatoms. The number of ether oxygens (including phenoxy) is 1. The number of hydrogen-bond acceptors (Lipinski definition) is 6. The number of halogens is 2. The predicted octanol–water partition coefficient (Wildman–Crippen LogP) is 5.76. The Morgan fingerprint density at radius 3 is 2.32 bits per heavy atom. The number of nitrogens with zero attached hydrogens (tertiary/aromatic N) is 3. The molecule has 2 aromatic rings. The van der Waals surface area contributed by atoms with Crippen LogP contribution in [0.2, 0.25) is 0 Å². The number of aryl methyl sites for hydroxylation is 1. The highest BCUT2D eigenvalue weighted by atomic mass is 32.1. The Morgan fingerprint density at radius 2 is 1.87 bits per heavy atom. The van der Waals surface area contributed by atoms with Crippen molar-refractivity contribution < 1.29 is 18.3 Å². The van der Waals surface area contributed by atoms with E-state index in [0.717, 1.165) is 5.92 Å². The number of rotatable bonds is 7. The maximum absolute atomic E-state index is 13.5. The van der Waals surface area contributed by atoms with E-state index in [1.54, 1.807) is 6.07 Å². The number of benzene rings is 1. The monoisotopic (exact) mass is 549 g/mol. The lowest BCUT2D eigenvalue weighted by Gasteiger charge is -2.08. The molecule has 38 heavy (non-hydrogen) atoms. The SMILES string of the molecule is CC(C)C.CCc1cc(NC(=O)c2cnc(OCC#CC(C)(C)C)cn2)ccc1F.CN=C(N)C(S)CF. The minimum atomic E-state index is -0.563. The Bertz CT molecular complexity index is 1070. The standard InChI is InChI=1S/C20H22FN3O2.C4H9FN2S.C4H10/c1-5-14-11-15(7-8-16(14)21)24-19(25)17-12-23-18(13-22-17)26-10-6-9-20(2,3)4;1-7-4(6)3(8)2-5;1-4(2)3/h7-8,11-13H,5,10H2,1-4H3,(H,24,25);3,8H,2H2,1H3,(H2,6,7);4H,1-3H3. The molecule has 1 heterocycles. The number of aromatic nitrogens is 2. The highest BCUT2D eigenvalue weighted by molar-refractivity contribution is 7.81. The Kier molecular flexibility index (Phi) is 16.6. The number of aliphatic imine (C=N–C) groups is 1. The van der Waals surface area contributed by atoms with E-state index in [4.69, 9.17) is 10.5 Å². The molecule has 1 aromatic heterocycles. The van der Waals surface area contributed by atoms with Crippen LogP contribution in [0, 0.1) is 29.0 Å². The quantitative estimate of drug-likeness (QED) is 0.176. The number of anilines is 1. The van der Waals surface area contributed by atoms with Gasteiger partial charge in [0.2, 0.25) is 5.88 Å². The van der Waals surface area contributed by atoms with E-state index in [9.17, 15) is 13.6 Å². The first-order valence-electron chi connectivity index (χ1n) is 12.2. The lowest BCUT2D eigenvalue weighted by molar-refractivity contribution is 0.102. The molecule has 0 aliphatic rings. The lowest BCUT2D eigenvalue weighted by atomic mass is 9.98. The number of thiol groups is 1. The summed E-state index contributed by atoms with van der Waals surface area (Å²) in [5.74, 6) is 6.61. The fourth-order valence-electron chi connectivity index (χ4n) is 2.27. The highest BCUT2D eigenvalue weighted by Gasteiger charge is 2.10. The Hall–Kier alpha value is -3.19. The molecule has 1 atom stereocenters. The Balaban J connectivity index is 0.000000951. The van der Waals surface area contributed by atoms with Gasteiger partial charge in [-0.05, 0) is 56.9 Å². The largest absolute Gasteiger partial charge is 0.463 e. The van der Waals surface area contributed by atoms with Gasteiger partial charge in [-0.1, -0.05) is 39.5 Å². The number of alkyl halides is 1. The molecule has 1 amide bonds. The normalized spacial score (nSPS) is 11.6. The van der Waals surface area contributed by atoms with Crippen molar-refractivity contribution in [3.63, 3.8) is 0 Å². The van der Waals surface area contributed by atoms with Crippen LogP contribution in [0.4, 0.5) is 14.5 Å². The fourth-order valence-corrected chi connectivity index (χ4v) is 2.38. The number of nitrogens with one attached hydrogen (secondary N) is 1. The van der Waals surface area contributed by atoms with E-state index < -0.39 is 17.8 Å². The van der Waals surface area contributed by atoms with Gasteiger partial charge in [-0.15, -0.1) is 0 Å². The molecule has 0 radical (unpaired) electrons. The van der Waals surface area contributed by atoms with Gasteiger partial charge in [0.25, 0.3) is 5.91 Å². The maximum Gasteiger partial charge on any atom is 0.275 e. The summed E-state index contributed by atoms with van der Waals surface area (Å²) in [5.41, 5.74) is 6.25. The van der Waals surface area contributed by atoms with Crippen LogP contribution in [-0.4, -0.2) is 47.3 Å². The van der Waals surface area contributed by atoms with E-state index in [-0.39, 0.29) is 29.4 Å². The molecule has 0 saturated heterocycles. The van der Waals surface area contributed by atoms with Crippen LogP contribution in [0.25, 0.3) is 0 Å². The van der Waals surface area contributed by atoms with Crippen LogP contribution in [-0.2, 0) is 6.42 Å². The lowest BCUT2D eigenvalue weighted by Crippen LogP contribution is -2.25. The van der Waals surface area contributed by atoms with Crippen molar-refractivity contribution in [3.05, 3.63) is 47.7 Å². The molecule has 0 bridgehead atoms. The van der Waals surface area contributed by atoms with Crippen molar-refractivity contribution in [2.45, 2.75) is 60.1 Å². The van der Waals surface area contributed by atoms with E-state index in [0.29, 0.717) is 23.6 Å². The maximum atomic E-state index is 13.5. The number of carbonyl (C=O) groups excluding carboxylic acids is 1. The summed E-state index contributed by atoms with van der Waals surface area (Å²) in [5, 5.41) is 2.15. The summed E-state index contributed by atoms with van der Waals surface area (Å²) in [6.45, 7) is 14.0. The van der Waals surface area contributed by atoms with Crippen LogP contribution < -0.4 is 15.8 Å². The highest BCUT2D eigenvalue weighted by Crippen LogP contribution is 2.16. The minimum Gasteiger partial charge on any atom is -0.463 e. The first-order valence-corrected chi connectivity index (χ1v) is 12.8. The van der Waals surface area contributed by atoms with Gasteiger partial charge in [-0.2, -0.15) is 12.6 Å². The van der Waals surface area contributed by atoms with Crippen LogP contribution in [0.3, 0.4) is 0 Å². The van der Waals surface area contributed by atoms with Gasteiger partial charge in [0.05, 0.1) is 17.6 Å². The van der Waals surface area contributed by atoms with Gasteiger partial charge in [-0.3, -0.25) is 9.79 Å². The Morgan fingerprint density at radius 1 is 1.24 bits per heavy atom. The van der Waals surface area contributed by atoms with Gasteiger partial charge in [-0.25, -0.2) is 18.7 Å². The third-order valence-corrected chi connectivity index (χ3v) is 4.45. The molecule has 0 aliphatic heterocycles. The summed E-state index contributed by atoms with van der Waals surface area (Å²) in [6.07, 6.45) is 3.24. The molecule has 7 nitrogen and oxygen atoms in total. The predicted molar refractivity (Wildman–Crippen MR) is 155 cm³/mol. The molecule has 210 valence electrons. The molecule has 0 fully saturated rings. The van der Waals surface area contributed by atoms with Crippen molar-refractivity contribution in [1.82, 2.24) is 9.97 Å². The van der Waals surface area contributed by atoms with Gasteiger partial charge in [0.1, 0.15) is 24.0 Å². The zero-order valence-corrected chi connectivity index (χ0v) is 24.5. The van der Waals surface area contributed by atoms with Crippen molar-refractivity contribution in [3.8, 4) is 17.7 Å². The average molecular weight is 550 g/mol. The third-order valence-electron chi connectivity index (χ3n) is 4.05. The van der Waals surface area contributed by atoms with Crippen LogP contribution in [0.5, 0.6) is 5.88 Å². The number of carbonyl (C=O) groups is 1. The number of amides is 1. The smallest absolute Gasteiger partial charge is 0.275 e. The second-order valence-corrected chi connectivity index (χ2v) is 10.4. The summed E-state index contributed by atoms with van der Waals surface area (Å²) < 4.78 is 30.5. The summed E-state index contributed by atoms with van der Waals surface area (Å²) in [6, 6.07) is 4.44. The summed E-state index contributed by atoms with van der Waals surface area (Å²) in [4.78, 5) is 23.8. The molecule has 3 N–H and O–H groups in total. The van der Waals surface area contributed by atoms with E-state index in [1.165, 1.54) is 31.6 Å². The topological polar surface area (TPSA) is 102 Å². The first kappa shape index (κ1) is 34.8. The second kappa shape index (κ2) is 18.1. The molecule has 2 rings (SSSR count). The van der Waals surface area contributed by atoms with Crippen LogP contribution in [0.15, 0.2) is 35.6 Å². The minimum absolute atomic E-state index is 0.0883. The van der Waals surface area contributed by atoms with E-state index >= 15 is 0 Å². The molecular weight excluding hydrogens is 508 g/mol. The van der Waals surface area contributed by atoms with Crippen molar-refractivity contribution in [2.24, 2.45) is 22.1 Å². The van der Waals surface area contributed by atoms with E-state index in [2.05, 4.69) is 65.5 Å². The van der Waals surface area contributed by atoms with Crippen LogP contribution >= 0.6 is 12.6 Å². The summed E-state index contributed by atoms with van der Waals surface area (Å²) in [7, 11) is 1.51. The second-order valence-electron chi connectivity index (χ2n) is 9.74. The van der Waals surface area contributed by atoms with Crippen molar-refractivity contribution >= 4 is 30.1 Å². The zero-order chi connectivity index (χ0) is 29.3. The van der Waals surface area contributed by atoms with Gasteiger partial charge in [0, 0.05) is 18.2 Å². The molecule has 0 saturated carbocycles. The molecule has 0 spiro atoms. The number of amidine groups is 1. The van der Waals surface area contributed by atoms with Gasteiger partial charge in [0.15, 0.2) is 6.61 Å². The Labute approximate surface area is 231 Å². The molecular formula is C28H41F2N5O2S.